The van der Waals surface area contributed by atoms with E-state index in [1.165, 1.54) is 11.1 Å². The van der Waals surface area contributed by atoms with Crippen LogP contribution in [0.3, 0.4) is 0 Å². The van der Waals surface area contributed by atoms with Crippen LogP contribution in [0.2, 0.25) is 0 Å². The van der Waals surface area contributed by atoms with Crippen LogP contribution in [0, 0.1) is 6.92 Å². The summed E-state index contributed by atoms with van der Waals surface area (Å²) in [6.07, 6.45) is 5.04. The van der Waals surface area contributed by atoms with Crippen molar-refractivity contribution >= 4 is 16.9 Å². The van der Waals surface area contributed by atoms with E-state index in [1.807, 2.05) is 18.2 Å². The lowest BCUT2D eigenvalue weighted by atomic mass is 10.1. The van der Waals surface area contributed by atoms with Gasteiger partial charge in [0.05, 0.1) is 11.6 Å². The molecule has 0 aliphatic rings. The first-order chi connectivity index (χ1) is 11.8. The molecular weight excluding hydrogens is 300 g/mol. The molecule has 0 spiro atoms. The van der Waals surface area contributed by atoms with E-state index in [2.05, 4.69) is 56.6 Å². The third kappa shape index (κ3) is 2.69. The Labute approximate surface area is 139 Å². The summed E-state index contributed by atoms with van der Waals surface area (Å²) in [5.41, 5.74) is 3.18. The molecule has 0 atom stereocenters. The molecule has 0 bridgehead atoms. The second-order valence-electron chi connectivity index (χ2n) is 5.54. The molecule has 0 fully saturated rings. The number of anilines is 1. The zero-order valence-corrected chi connectivity index (χ0v) is 13.2. The van der Waals surface area contributed by atoms with Gasteiger partial charge in [0.25, 0.3) is 0 Å². The average molecular weight is 316 g/mol. The summed E-state index contributed by atoms with van der Waals surface area (Å²) in [6.45, 7) is 2.78. The molecule has 1 N–H and O–H groups in total. The van der Waals surface area contributed by atoms with Crippen molar-refractivity contribution in [2.45, 2.75) is 13.5 Å². The van der Waals surface area contributed by atoms with Gasteiger partial charge in [0.15, 0.2) is 11.5 Å². The van der Waals surface area contributed by atoms with Crippen LogP contribution in [-0.2, 0) is 6.54 Å². The van der Waals surface area contributed by atoms with Gasteiger partial charge in [0, 0.05) is 12.7 Å². The normalized spacial score (nSPS) is 10.9. The van der Waals surface area contributed by atoms with Crippen molar-refractivity contribution < 1.29 is 0 Å². The molecular formula is C18H16N6. The van der Waals surface area contributed by atoms with Crippen molar-refractivity contribution in [2.24, 2.45) is 0 Å². The highest BCUT2D eigenvalue weighted by atomic mass is 15.3. The lowest BCUT2D eigenvalue weighted by molar-refractivity contribution is 0.861. The molecule has 24 heavy (non-hydrogen) atoms. The van der Waals surface area contributed by atoms with Gasteiger partial charge in [0.1, 0.15) is 12.1 Å². The third-order valence-electron chi connectivity index (χ3n) is 3.81. The summed E-state index contributed by atoms with van der Waals surface area (Å²) in [4.78, 5) is 13.0. The topological polar surface area (TPSA) is 68.5 Å². The van der Waals surface area contributed by atoms with Gasteiger partial charge in [-0.1, -0.05) is 35.9 Å². The fraction of sp³-hybridized carbons (Fsp3) is 0.111. The van der Waals surface area contributed by atoms with Crippen molar-refractivity contribution in [3.8, 4) is 5.82 Å². The highest BCUT2D eigenvalue weighted by Gasteiger charge is 2.11. The standard InChI is InChI=1S/C18H16N6/c1-13-5-7-14(8-6-13)10-20-17-15-11-23-24(18(15)22-12-21-17)16-4-2-3-9-19-16/h2-9,11-12H,10H2,1H3,(H,20,21,22). The molecule has 0 amide bonds. The van der Waals surface area contributed by atoms with Gasteiger partial charge in [-0.3, -0.25) is 0 Å². The van der Waals surface area contributed by atoms with Crippen molar-refractivity contribution in [3.63, 3.8) is 0 Å². The quantitative estimate of drug-likeness (QED) is 0.626. The van der Waals surface area contributed by atoms with Crippen LogP contribution in [0.5, 0.6) is 0 Å². The number of aryl methyl sites for hydroxylation is 1. The fourth-order valence-electron chi connectivity index (χ4n) is 2.52. The van der Waals surface area contributed by atoms with Crippen LogP contribution in [-0.4, -0.2) is 24.7 Å². The maximum absolute atomic E-state index is 4.40. The Morgan fingerprint density at radius 2 is 1.88 bits per heavy atom. The van der Waals surface area contributed by atoms with Gasteiger partial charge >= 0.3 is 0 Å². The van der Waals surface area contributed by atoms with E-state index in [-0.39, 0.29) is 0 Å². The Bertz CT molecular complexity index is 960. The van der Waals surface area contributed by atoms with Crippen molar-refractivity contribution in [2.75, 3.05) is 5.32 Å². The first kappa shape index (κ1) is 14.3. The van der Waals surface area contributed by atoms with E-state index in [9.17, 15) is 0 Å². The molecule has 0 saturated carbocycles. The lowest BCUT2D eigenvalue weighted by Gasteiger charge is -2.07. The summed E-state index contributed by atoms with van der Waals surface area (Å²) >= 11 is 0. The minimum Gasteiger partial charge on any atom is -0.365 e. The van der Waals surface area contributed by atoms with E-state index in [1.54, 1.807) is 23.4 Å². The van der Waals surface area contributed by atoms with Crippen LogP contribution in [0.25, 0.3) is 16.9 Å². The number of benzene rings is 1. The fourth-order valence-corrected chi connectivity index (χ4v) is 2.52. The number of rotatable bonds is 4. The van der Waals surface area contributed by atoms with Crippen molar-refractivity contribution in [1.29, 1.82) is 0 Å². The minimum absolute atomic E-state index is 0.696. The molecule has 4 aromatic rings. The molecule has 3 aromatic heterocycles. The second kappa shape index (κ2) is 6.08. The van der Waals surface area contributed by atoms with Gasteiger partial charge in [0.2, 0.25) is 0 Å². The van der Waals surface area contributed by atoms with Gasteiger partial charge in [-0.25, -0.2) is 15.0 Å². The first-order valence-corrected chi connectivity index (χ1v) is 7.71. The first-order valence-electron chi connectivity index (χ1n) is 7.71. The van der Waals surface area contributed by atoms with Crippen molar-refractivity contribution in [1.82, 2.24) is 24.7 Å². The average Bonchev–Trinajstić information content (AvgIpc) is 3.07. The van der Waals surface area contributed by atoms with Crippen LogP contribution >= 0.6 is 0 Å². The summed E-state index contributed by atoms with van der Waals surface area (Å²) < 4.78 is 1.72. The SMILES string of the molecule is Cc1ccc(CNc2ncnc3c2cnn3-c2ccccn2)cc1. The smallest absolute Gasteiger partial charge is 0.170 e. The zero-order valence-electron chi connectivity index (χ0n) is 13.2. The Balaban J connectivity index is 1.65. The highest BCUT2D eigenvalue weighted by molar-refractivity contribution is 5.86. The number of hydrogen-bond donors (Lipinski definition) is 1. The summed E-state index contributed by atoms with van der Waals surface area (Å²) in [7, 11) is 0. The molecule has 0 unspecified atom stereocenters. The number of nitrogens with zero attached hydrogens (tertiary/aromatic N) is 5. The molecule has 0 aliphatic heterocycles. The largest absolute Gasteiger partial charge is 0.365 e. The molecule has 0 radical (unpaired) electrons. The van der Waals surface area contributed by atoms with Crippen LogP contribution in [0.1, 0.15) is 11.1 Å². The summed E-state index contributed by atoms with van der Waals surface area (Å²) in [5, 5.41) is 8.64. The van der Waals surface area contributed by atoms with E-state index >= 15 is 0 Å². The number of fused-ring (bicyclic) bond motifs is 1. The van der Waals surface area contributed by atoms with Crippen molar-refractivity contribution in [3.05, 3.63) is 72.3 Å². The predicted octanol–water partition coefficient (Wildman–Crippen LogP) is 3.13. The maximum Gasteiger partial charge on any atom is 0.170 e. The highest BCUT2D eigenvalue weighted by Crippen LogP contribution is 2.21. The van der Waals surface area contributed by atoms with E-state index in [0.717, 1.165) is 22.7 Å². The van der Waals surface area contributed by atoms with Crippen LogP contribution in [0.15, 0.2) is 61.2 Å². The van der Waals surface area contributed by atoms with Gasteiger partial charge in [-0.05, 0) is 24.6 Å². The number of hydrogen-bond acceptors (Lipinski definition) is 5. The molecule has 3 heterocycles. The van der Waals surface area contributed by atoms with E-state index in [4.69, 9.17) is 0 Å². The number of nitrogens with one attached hydrogen (secondary N) is 1. The van der Waals surface area contributed by atoms with Gasteiger partial charge in [-0.15, -0.1) is 0 Å². The summed E-state index contributed by atoms with van der Waals surface area (Å²) in [5.74, 6) is 1.50. The Morgan fingerprint density at radius 3 is 2.67 bits per heavy atom. The minimum atomic E-state index is 0.696. The number of pyridine rings is 1. The number of aromatic nitrogens is 5. The molecule has 1 aromatic carbocycles. The molecule has 0 saturated heterocycles. The second-order valence-corrected chi connectivity index (χ2v) is 5.54. The lowest BCUT2D eigenvalue weighted by Crippen LogP contribution is -2.03. The summed E-state index contributed by atoms with van der Waals surface area (Å²) in [6, 6.07) is 14.1. The van der Waals surface area contributed by atoms with E-state index < -0.39 is 0 Å². The molecule has 0 aliphatic carbocycles. The Hall–Kier alpha value is -3.28. The van der Waals surface area contributed by atoms with Gasteiger partial charge in [-0.2, -0.15) is 9.78 Å². The third-order valence-corrected chi connectivity index (χ3v) is 3.81. The van der Waals surface area contributed by atoms with E-state index in [0.29, 0.717) is 6.54 Å². The monoisotopic (exact) mass is 316 g/mol. The molecule has 4 rings (SSSR count). The Kier molecular flexibility index (Phi) is 3.63. The van der Waals surface area contributed by atoms with Crippen LogP contribution in [0.4, 0.5) is 5.82 Å². The molecule has 6 nitrogen and oxygen atoms in total. The molecule has 118 valence electrons. The van der Waals surface area contributed by atoms with Crippen LogP contribution < -0.4 is 5.32 Å². The predicted molar refractivity (Wildman–Crippen MR) is 93.0 cm³/mol. The van der Waals surface area contributed by atoms with Gasteiger partial charge < -0.3 is 5.32 Å². The zero-order chi connectivity index (χ0) is 16.4. The maximum atomic E-state index is 4.40. The molecule has 6 heteroatoms. The Morgan fingerprint density at radius 1 is 1.00 bits per heavy atom.